The van der Waals surface area contributed by atoms with Crippen LogP contribution in [0.15, 0.2) is 34.9 Å². The minimum atomic E-state index is -0.362. The van der Waals surface area contributed by atoms with Crippen molar-refractivity contribution in [1.29, 1.82) is 0 Å². The second-order valence-corrected chi connectivity index (χ2v) is 7.93. The first-order chi connectivity index (χ1) is 12.1. The van der Waals surface area contributed by atoms with Crippen molar-refractivity contribution in [2.24, 2.45) is 5.41 Å². The average molecular weight is 363 g/mol. The SMILES string of the molecule is C/C=C(/C)C(=O)O[C@@H]1C/C=C(\C)CCCC(C)(C)[C@@H](OC(C)=O)C=C1C. The largest absolute Gasteiger partial charge is 0.458 e. The molecule has 0 fully saturated rings. The lowest BCUT2D eigenvalue weighted by atomic mass is 9.80. The Kier molecular flexibility index (Phi) is 8.32. The van der Waals surface area contributed by atoms with E-state index in [0.717, 1.165) is 24.8 Å². The van der Waals surface area contributed by atoms with Gasteiger partial charge in [-0.15, -0.1) is 0 Å². The molecule has 2 atom stereocenters. The Morgan fingerprint density at radius 1 is 1.19 bits per heavy atom. The van der Waals surface area contributed by atoms with Crippen LogP contribution >= 0.6 is 0 Å². The topological polar surface area (TPSA) is 52.6 Å². The second kappa shape index (κ2) is 9.75. The molecule has 0 spiro atoms. The van der Waals surface area contributed by atoms with Crippen LogP contribution in [-0.4, -0.2) is 24.1 Å². The molecule has 1 rings (SSSR count). The molecule has 4 nitrogen and oxygen atoms in total. The monoisotopic (exact) mass is 362 g/mol. The zero-order chi connectivity index (χ0) is 19.9. The first kappa shape index (κ1) is 22.2. The summed E-state index contributed by atoms with van der Waals surface area (Å²) < 4.78 is 11.4. The third-order valence-electron chi connectivity index (χ3n) is 5.06. The van der Waals surface area contributed by atoms with Gasteiger partial charge in [0.2, 0.25) is 0 Å². The predicted molar refractivity (Wildman–Crippen MR) is 105 cm³/mol. The van der Waals surface area contributed by atoms with Gasteiger partial charge in [0.15, 0.2) is 0 Å². The summed E-state index contributed by atoms with van der Waals surface area (Å²) in [7, 11) is 0. The van der Waals surface area contributed by atoms with E-state index in [2.05, 4.69) is 26.8 Å². The summed E-state index contributed by atoms with van der Waals surface area (Å²) in [6, 6.07) is 0. The molecular weight excluding hydrogens is 328 g/mol. The zero-order valence-electron chi connectivity index (χ0n) is 17.3. The summed E-state index contributed by atoms with van der Waals surface area (Å²) >= 11 is 0. The normalized spacial score (nSPS) is 26.7. The van der Waals surface area contributed by atoms with E-state index in [1.165, 1.54) is 12.5 Å². The van der Waals surface area contributed by atoms with E-state index in [1.54, 1.807) is 13.0 Å². The second-order valence-electron chi connectivity index (χ2n) is 7.93. The highest BCUT2D eigenvalue weighted by atomic mass is 16.5. The molecule has 0 aromatic carbocycles. The summed E-state index contributed by atoms with van der Waals surface area (Å²) in [5.41, 5.74) is 2.60. The molecule has 0 saturated heterocycles. The number of rotatable bonds is 3. The number of hydrogen-bond donors (Lipinski definition) is 0. The van der Waals surface area contributed by atoms with Crippen LogP contribution in [-0.2, 0) is 19.1 Å². The Labute approximate surface area is 158 Å². The fourth-order valence-electron chi connectivity index (χ4n) is 2.99. The minimum Gasteiger partial charge on any atom is -0.458 e. The van der Waals surface area contributed by atoms with Crippen molar-refractivity contribution in [2.45, 2.75) is 86.4 Å². The standard InChI is InChI=1S/C22H34O4/c1-8-16(3)21(24)26-19-12-11-15(2)10-9-13-22(6,7)20(14-17(19)4)25-18(5)23/h8,11,14,19-20H,9-10,12-13H2,1-7H3/b15-11+,16-8-,17-14?/t19-,20+/m1/s1. The van der Waals surface area contributed by atoms with Crippen LogP contribution in [0.3, 0.4) is 0 Å². The predicted octanol–water partition coefficient (Wildman–Crippen LogP) is 5.29. The molecule has 26 heavy (non-hydrogen) atoms. The fraction of sp³-hybridized carbons (Fsp3) is 0.636. The Balaban J connectivity index is 3.23. The number of hydrogen-bond acceptors (Lipinski definition) is 4. The molecule has 146 valence electrons. The molecule has 0 amide bonds. The molecule has 0 saturated carbocycles. The van der Waals surface area contributed by atoms with Crippen LogP contribution in [0, 0.1) is 5.41 Å². The molecule has 4 heteroatoms. The van der Waals surface area contributed by atoms with Gasteiger partial charge in [0.1, 0.15) is 12.2 Å². The fourth-order valence-corrected chi connectivity index (χ4v) is 2.99. The van der Waals surface area contributed by atoms with Crippen LogP contribution in [0.1, 0.15) is 74.1 Å². The van der Waals surface area contributed by atoms with E-state index < -0.39 is 0 Å². The Hall–Kier alpha value is -1.84. The third-order valence-corrected chi connectivity index (χ3v) is 5.06. The van der Waals surface area contributed by atoms with E-state index in [0.29, 0.717) is 12.0 Å². The lowest BCUT2D eigenvalue weighted by Gasteiger charge is -2.32. The van der Waals surface area contributed by atoms with Gasteiger partial charge in [0, 0.05) is 24.3 Å². The molecule has 0 heterocycles. The summed E-state index contributed by atoms with van der Waals surface area (Å²) in [4.78, 5) is 23.9. The third kappa shape index (κ3) is 6.81. The van der Waals surface area contributed by atoms with Crippen molar-refractivity contribution in [3.05, 3.63) is 34.9 Å². The van der Waals surface area contributed by atoms with Crippen LogP contribution < -0.4 is 0 Å². The average Bonchev–Trinajstić information content (AvgIpc) is 2.56. The van der Waals surface area contributed by atoms with Gasteiger partial charge < -0.3 is 9.47 Å². The van der Waals surface area contributed by atoms with E-state index in [1.807, 2.05) is 19.9 Å². The lowest BCUT2D eigenvalue weighted by molar-refractivity contribution is -0.149. The zero-order valence-corrected chi connectivity index (χ0v) is 17.3. The van der Waals surface area contributed by atoms with Gasteiger partial charge in [-0.25, -0.2) is 4.79 Å². The van der Waals surface area contributed by atoms with E-state index in [9.17, 15) is 9.59 Å². The smallest absolute Gasteiger partial charge is 0.333 e. The van der Waals surface area contributed by atoms with Crippen LogP contribution in [0.5, 0.6) is 0 Å². The summed E-state index contributed by atoms with van der Waals surface area (Å²) in [6.07, 6.45) is 8.75. The van der Waals surface area contributed by atoms with Gasteiger partial charge in [0.05, 0.1) is 0 Å². The Morgan fingerprint density at radius 3 is 2.42 bits per heavy atom. The molecule has 1 aliphatic rings. The molecule has 0 aromatic rings. The lowest BCUT2D eigenvalue weighted by Crippen LogP contribution is -2.33. The van der Waals surface area contributed by atoms with Gasteiger partial charge >= 0.3 is 11.9 Å². The maximum Gasteiger partial charge on any atom is 0.333 e. The summed E-state index contributed by atoms with van der Waals surface area (Å²) in [5, 5.41) is 0. The van der Waals surface area contributed by atoms with Crippen molar-refractivity contribution in [1.82, 2.24) is 0 Å². The quantitative estimate of drug-likeness (QED) is 0.389. The van der Waals surface area contributed by atoms with E-state index in [4.69, 9.17) is 9.47 Å². The van der Waals surface area contributed by atoms with Gasteiger partial charge in [-0.1, -0.05) is 31.6 Å². The molecule has 0 radical (unpaired) electrons. The van der Waals surface area contributed by atoms with E-state index in [-0.39, 0.29) is 29.6 Å². The molecule has 0 N–H and O–H groups in total. The number of esters is 2. The van der Waals surface area contributed by atoms with E-state index >= 15 is 0 Å². The van der Waals surface area contributed by atoms with Crippen LogP contribution in [0.2, 0.25) is 0 Å². The van der Waals surface area contributed by atoms with Crippen molar-refractivity contribution < 1.29 is 19.1 Å². The maximum absolute atomic E-state index is 12.3. The molecule has 0 bridgehead atoms. The molecule has 0 aliphatic heterocycles. The Morgan fingerprint density at radius 2 is 1.85 bits per heavy atom. The van der Waals surface area contributed by atoms with Gasteiger partial charge in [0.25, 0.3) is 0 Å². The molecule has 0 unspecified atom stereocenters. The number of allylic oxidation sites excluding steroid dienone is 2. The van der Waals surface area contributed by atoms with Crippen molar-refractivity contribution in [3.8, 4) is 0 Å². The van der Waals surface area contributed by atoms with Crippen molar-refractivity contribution >= 4 is 11.9 Å². The van der Waals surface area contributed by atoms with Crippen LogP contribution in [0.25, 0.3) is 0 Å². The van der Waals surface area contributed by atoms with Gasteiger partial charge in [-0.05, 0) is 58.6 Å². The highest BCUT2D eigenvalue weighted by molar-refractivity contribution is 5.87. The first-order valence-electron chi connectivity index (χ1n) is 9.42. The first-order valence-corrected chi connectivity index (χ1v) is 9.42. The highest BCUT2D eigenvalue weighted by Crippen LogP contribution is 2.33. The van der Waals surface area contributed by atoms with Gasteiger partial charge in [-0.2, -0.15) is 0 Å². The highest BCUT2D eigenvalue weighted by Gasteiger charge is 2.31. The maximum atomic E-state index is 12.3. The van der Waals surface area contributed by atoms with Crippen LogP contribution in [0.4, 0.5) is 0 Å². The molecule has 0 aromatic heterocycles. The summed E-state index contributed by atoms with van der Waals surface area (Å²) in [6.45, 7) is 13.3. The number of carbonyl (C=O) groups excluding carboxylic acids is 2. The summed E-state index contributed by atoms with van der Waals surface area (Å²) in [5.74, 6) is -0.607. The van der Waals surface area contributed by atoms with Crippen molar-refractivity contribution in [3.63, 3.8) is 0 Å². The van der Waals surface area contributed by atoms with Crippen molar-refractivity contribution in [2.75, 3.05) is 0 Å². The minimum absolute atomic E-state index is 0.189. The Bertz CT molecular complexity index is 608. The number of carbonyl (C=O) groups is 2. The molecular formula is C22H34O4. The molecule has 1 aliphatic carbocycles. The van der Waals surface area contributed by atoms with Gasteiger partial charge in [-0.3, -0.25) is 4.79 Å². The number of ether oxygens (including phenoxy) is 2.